The Morgan fingerprint density at radius 2 is 1.68 bits per heavy atom. The molecule has 2 aromatic heterocycles. The number of aromatic nitrogens is 2. The van der Waals surface area contributed by atoms with E-state index in [1.54, 1.807) is 62.9 Å². The zero-order valence-corrected chi connectivity index (χ0v) is 32.0. The zero-order chi connectivity index (χ0) is 38.6. The lowest BCUT2D eigenvalue weighted by Gasteiger charge is -2.30. The fourth-order valence-electron chi connectivity index (χ4n) is 6.75. The van der Waals surface area contributed by atoms with Crippen LogP contribution in [0.2, 0.25) is 15.1 Å². The number of hydrogen-bond acceptors (Lipinski definition) is 8. The van der Waals surface area contributed by atoms with Gasteiger partial charge in [0.1, 0.15) is 5.69 Å². The average Bonchev–Trinajstić information content (AvgIpc) is 3.67. The molecule has 276 valence electrons. The van der Waals surface area contributed by atoms with Crippen molar-refractivity contribution in [3.05, 3.63) is 114 Å². The van der Waals surface area contributed by atoms with Crippen molar-refractivity contribution >= 4 is 79.2 Å². The fourth-order valence-corrected chi connectivity index (χ4v) is 9.37. The first kappa shape index (κ1) is 38.2. The third-order valence-corrected chi connectivity index (χ3v) is 12.1. The van der Waals surface area contributed by atoms with Crippen LogP contribution in [0.5, 0.6) is 0 Å². The third-order valence-electron chi connectivity index (χ3n) is 9.31. The number of nitrogens with zero attached hydrogens (tertiary/aromatic N) is 4. The maximum atomic E-state index is 14.9. The summed E-state index contributed by atoms with van der Waals surface area (Å²) in [6.45, 7) is 5.38. The van der Waals surface area contributed by atoms with Gasteiger partial charge >= 0.3 is 5.97 Å². The van der Waals surface area contributed by atoms with Crippen molar-refractivity contribution in [2.75, 3.05) is 13.1 Å². The molecule has 16 heteroatoms. The normalized spacial score (nSPS) is 14.9. The first-order valence-corrected chi connectivity index (χ1v) is 19.0. The Labute approximate surface area is 319 Å². The summed E-state index contributed by atoms with van der Waals surface area (Å²) in [5.41, 5.74) is 0.835. The summed E-state index contributed by atoms with van der Waals surface area (Å²) in [4.78, 5) is 37.6. The molecule has 5 aromatic rings. The van der Waals surface area contributed by atoms with Crippen molar-refractivity contribution in [1.29, 1.82) is 0 Å². The largest absolute Gasteiger partial charge is 0.478 e. The minimum atomic E-state index is -4.23. The van der Waals surface area contributed by atoms with E-state index in [1.807, 2.05) is 0 Å². The molecule has 0 bridgehead atoms. The maximum absolute atomic E-state index is 14.9. The summed E-state index contributed by atoms with van der Waals surface area (Å²) < 4.78 is 36.0. The quantitative estimate of drug-likeness (QED) is 0.0663. The highest BCUT2D eigenvalue weighted by Crippen LogP contribution is 2.44. The van der Waals surface area contributed by atoms with Crippen LogP contribution in [0.1, 0.15) is 66.8 Å². The van der Waals surface area contributed by atoms with Gasteiger partial charge in [-0.1, -0.05) is 91.1 Å². The summed E-state index contributed by atoms with van der Waals surface area (Å²) in [5.74, 6) is -1.83. The predicted molar refractivity (Wildman–Crippen MR) is 202 cm³/mol. The molecule has 1 N–H and O–H groups in total. The van der Waals surface area contributed by atoms with Crippen LogP contribution >= 0.6 is 34.8 Å². The minimum Gasteiger partial charge on any atom is -0.478 e. The van der Waals surface area contributed by atoms with Gasteiger partial charge in [-0.05, 0) is 48.1 Å². The summed E-state index contributed by atoms with van der Waals surface area (Å²) in [6.07, 6.45) is 3.65. The number of rotatable bonds is 9. The summed E-state index contributed by atoms with van der Waals surface area (Å²) in [6, 6.07) is 13.4. The van der Waals surface area contributed by atoms with Gasteiger partial charge in [0.25, 0.3) is 5.69 Å². The fraction of sp³-hybridized carbons (Fsp3) is 0.270. The number of nitro benzene ring substituents is 1. The van der Waals surface area contributed by atoms with Gasteiger partial charge in [0.15, 0.2) is 10.7 Å². The maximum Gasteiger partial charge on any atom is 0.332 e. The van der Waals surface area contributed by atoms with Crippen LogP contribution in [-0.2, 0) is 21.9 Å². The zero-order valence-electron chi connectivity index (χ0n) is 28.9. The Morgan fingerprint density at radius 1 is 1.04 bits per heavy atom. The molecule has 1 aliphatic heterocycles. The van der Waals surface area contributed by atoms with Crippen LogP contribution in [-0.4, -0.2) is 57.3 Å². The number of benzene rings is 3. The molecule has 6 rings (SSSR count). The van der Waals surface area contributed by atoms with Gasteiger partial charge in [0, 0.05) is 65.4 Å². The molecule has 1 saturated heterocycles. The first-order chi connectivity index (χ1) is 24.9. The van der Waals surface area contributed by atoms with Crippen molar-refractivity contribution in [3.63, 3.8) is 0 Å². The number of piperidine rings is 1. The van der Waals surface area contributed by atoms with Crippen LogP contribution in [0.4, 0.5) is 5.69 Å². The second kappa shape index (κ2) is 14.4. The molecule has 0 radical (unpaired) electrons. The first-order valence-electron chi connectivity index (χ1n) is 16.4. The van der Waals surface area contributed by atoms with E-state index >= 15 is 0 Å². The van der Waals surface area contributed by atoms with Crippen LogP contribution in [0.3, 0.4) is 0 Å². The van der Waals surface area contributed by atoms with Gasteiger partial charge in [-0.25, -0.2) is 13.2 Å². The second-order valence-corrected chi connectivity index (χ2v) is 16.9. The van der Waals surface area contributed by atoms with Gasteiger partial charge in [0.05, 0.1) is 26.0 Å². The van der Waals surface area contributed by atoms with Gasteiger partial charge in [-0.2, -0.15) is 4.31 Å². The molecule has 0 unspecified atom stereocenters. The standard InChI is InChI=1S/C37H33Cl3N4O8S/c1-37(2,3)25(36(46)47)16-21-8-7-9-23-24(19-42(4)33(21)23)34(45)31-32(30-26(39)17-22(38)18-27(30)40)41-52-35(31)20-12-14-43(15-13-20)53(50,51)29-11-6-5-10-28(29)44(48)49/h5-11,16-20H,12-15H2,1-4H3,(H,46,47)/b25-16-. The number of aliphatic carboxylic acids is 1. The van der Waals surface area contributed by atoms with E-state index in [2.05, 4.69) is 5.16 Å². The molecule has 3 aromatic carbocycles. The van der Waals surface area contributed by atoms with Crippen molar-refractivity contribution in [2.24, 2.45) is 12.5 Å². The van der Waals surface area contributed by atoms with E-state index < -0.39 is 48.6 Å². The van der Waals surface area contributed by atoms with E-state index in [0.717, 1.165) is 6.07 Å². The van der Waals surface area contributed by atoms with E-state index in [0.29, 0.717) is 16.5 Å². The lowest BCUT2D eigenvalue weighted by molar-refractivity contribution is -0.387. The van der Waals surface area contributed by atoms with Gasteiger partial charge in [-0.15, -0.1) is 0 Å². The summed E-state index contributed by atoms with van der Waals surface area (Å²) >= 11 is 19.5. The van der Waals surface area contributed by atoms with E-state index in [9.17, 15) is 33.2 Å². The topological polar surface area (TPSA) is 166 Å². The number of para-hydroxylation sites is 2. The van der Waals surface area contributed by atoms with Gasteiger partial charge < -0.3 is 14.2 Å². The molecule has 0 saturated carbocycles. The summed E-state index contributed by atoms with van der Waals surface area (Å²) in [5, 5.41) is 27.0. The van der Waals surface area contributed by atoms with Crippen molar-refractivity contribution in [2.45, 2.75) is 44.4 Å². The number of carbonyl (C=O) groups excluding carboxylic acids is 1. The molecular weight excluding hydrogens is 767 g/mol. The van der Waals surface area contributed by atoms with E-state index in [1.165, 1.54) is 34.6 Å². The number of carboxylic acids is 1. The lowest BCUT2D eigenvalue weighted by Crippen LogP contribution is -2.38. The molecule has 3 heterocycles. The lowest BCUT2D eigenvalue weighted by atomic mass is 9.85. The van der Waals surface area contributed by atoms with Crippen LogP contribution in [0.15, 0.2) is 75.8 Å². The monoisotopic (exact) mass is 798 g/mol. The van der Waals surface area contributed by atoms with Gasteiger partial charge in [0.2, 0.25) is 15.8 Å². The number of aryl methyl sites for hydroxylation is 1. The minimum absolute atomic E-state index is 0.0190. The Balaban J connectivity index is 1.45. The van der Waals surface area contributed by atoms with Crippen molar-refractivity contribution < 1.29 is 32.6 Å². The summed E-state index contributed by atoms with van der Waals surface area (Å²) in [7, 11) is -2.47. The molecule has 1 aliphatic rings. The molecule has 53 heavy (non-hydrogen) atoms. The average molecular weight is 800 g/mol. The highest BCUT2D eigenvalue weighted by Gasteiger charge is 2.38. The smallest absolute Gasteiger partial charge is 0.332 e. The number of fused-ring (bicyclic) bond motifs is 1. The highest BCUT2D eigenvalue weighted by atomic mass is 35.5. The molecule has 0 aliphatic carbocycles. The third kappa shape index (κ3) is 7.11. The Kier molecular flexibility index (Phi) is 10.4. The number of ketones is 1. The van der Waals surface area contributed by atoms with Crippen molar-refractivity contribution in [1.82, 2.24) is 14.0 Å². The number of sulfonamides is 1. The Hall–Kier alpha value is -4.53. The molecule has 12 nitrogen and oxygen atoms in total. The predicted octanol–water partition coefficient (Wildman–Crippen LogP) is 9.02. The number of hydrogen-bond donors (Lipinski definition) is 1. The molecule has 1 fully saturated rings. The highest BCUT2D eigenvalue weighted by molar-refractivity contribution is 7.89. The number of nitro groups is 1. The molecule has 0 spiro atoms. The molecular formula is C37H33Cl3N4O8S. The number of carbonyl (C=O) groups is 2. The Bertz CT molecular complexity index is 2430. The van der Waals surface area contributed by atoms with E-state index in [-0.39, 0.29) is 74.7 Å². The number of carboxylic acid groups (broad SMARTS) is 1. The molecule has 0 atom stereocenters. The van der Waals surface area contributed by atoms with Crippen LogP contribution in [0.25, 0.3) is 28.2 Å². The second-order valence-electron chi connectivity index (χ2n) is 13.8. The number of halogens is 3. The van der Waals surface area contributed by atoms with Gasteiger partial charge in [-0.3, -0.25) is 14.9 Å². The molecule has 0 amide bonds. The van der Waals surface area contributed by atoms with Crippen LogP contribution in [0, 0.1) is 15.5 Å². The SMILES string of the molecule is Cn1cc(C(=O)c2c(-c3c(Cl)cc(Cl)cc3Cl)noc2C2CCN(S(=O)(=O)c3ccccc3[N+](=O)[O-])CC2)c2cccc(/C=C(/C(=O)O)C(C)(C)C)c21. The van der Waals surface area contributed by atoms with Crippen LogP contribution < -0.4 is 0 Å². The van der Waals surface area contributed by atoms with Crippen molar-refractivity contribution in [3.8, 4) is 11.3 Å². The van der Waals surface area contributed by atoms with E-state index in [4.69, 9.17) is 39.3 Å². The Morgan fingerprint density at radius 3 is 2.28 bits per heavy atom.